The van der Waals surface area contributed by atoms with Crippen LogP contribution in [0.1, 0.15) is 0 Å². The fourth-order valence-electron chi connectivity index (χ4n) is 0.937. The summed E-state index contributed by atoms with van der Waals surface area (Å²) in [4.78, 5) is 10.5. The van der Waals surface area contributed by atoms with E-state index in [0.29, 0.717) is 21.4 Å². The summed E-state index contributed by atoms with van der Waals surface area (Å²) in [5.74, 6) is -0.492. The van der Waals surface area contributed by atoms with Gasteiger partial charge in [0.25, 0.3) is 0 Å². The fourth-order valence-corrected chi connectivity index (χ4v) is 1.57. The number of hydrogen-bond acceptors (Lipinski definition) is 3. The highest BCUT2D eigenvalue weighted by Gasteiger charge is 2.07. The van der Waals surface area contributed by atoms with Crippen LogP contribution in [-0.2, 0) is 4.79 Å². The summed E-state index contributed by atoms with van der Waals surface area (Å²) in [5.41, 5.74) is 11.4. The van der Waals surface area contributed by atoms with Crippen LogP contribution in [0.15, 0.2) is 12.1 Å². The fraction of sp³-hybridized carbons (Fsp3) is 0.125. The molecular weight excluding hydrogens is 225 g/mol. The molecule has 0 fully saturated rings. The summed E-state index contributed by atoms with van der Waals surface area (Å²) < 4.78 is 0. The van der Waals surface area contributed by atoms with Crippen LogP contribution in [0.4, 0.5) is 11.4 Å². The number of hydrogen-bond donors (Lipinski definition) is 3. The molecule has 0 spiro atoms. The normalized spacial score (nSPS) is 9.86. The van der Waals surface area contributed by atoms with Crippen LogP contribution in [0.2, 0.25) is 10.0 Å². The van der Waals surface area contributed by atoms with E-state index in [1.54, 1.807) is 0 Å². The lowest BCUT2D eigenvalue weighted by molar-refractivity contribution is -0.116. The number of nitrogen functional groups attached to an aromatic ring is 1. The van der Waals surface area contributed by atoms with E-state index in [1.165, 1.54) is 12.1 Å². The van der Waals surface area contributed by atoms with Crippen molar-refractivity contribution in [3.63, 3.8) is 0 Å². The van der Waals surface area contributed by atoms with E-state index in [0.717, 1.165) is 0 Å². The number of anilines is 2. The monoisotopic (exact) mass is 233 g/mol. The minimum atomic E-state index is -0.492. The minimum absolute atomic E-state index is 0.0244. The molecule has 4 nitrogen and oxygen atoms in total. The number of primary amides is 1. The van der Waals surface area contributed by atoms with E-state index in [1.807, 2.05) is 0 Å². The van der Waals surface area contributed by atoms with Gasteiger partial charge in [-0.15, -0.1) is 0 Å². The molecule has 76 valence electrons. The van der Waals surface area contributed by atoms with Gasteiger partial charge in [-0.25, -0.2) is 0 Å². The lowest BCUT2D eigenvalue weighted by Crippen LogP contribution is -2.22. The summed E-state index contributed by atoms with van der Waals surface area (Å²) in [7, 11) is 0. The van der Waals surface area contributed by atoms with E-state index < -0.39 is 5.91 Å². The molecule has 5 N–H and O–H groups in total. The molecule has 0 aliphatic heterocycles. The Bertz CT molecular complexity index is 345. The number of benzene rings is 1. The Morgan fingerprint density at radius 2 is 1.86 bits per heavy atom. The first kappa shape index (κ1) is 10.9. The van der Waals surface area contributed by atoms with Gasteiger partial charge >= 0.3 is 0 Å². The molecule has 14 heavy (non-hydrogen) atoms. The zero-order valence-electron chi connectivity index (χ0n) is 7.18. The molecule has 0 unspecified atom stereocenters. The standard InChI is InChI=1S/C8H9Cl2N3O/c9-5-1-4(11)2-6(10)8(5)13-3-7(12)14/h1-2,13H,3,11H2,(H2,12,14). The van der Waals surface area contributed by atoms with Crippen molar-refractivity contribution >= 4 is 40.5 Å². The number of carbonyl (C=O) groups excluding carboxylic acids is 1. The molecule has 0 heterocycles. The van der Waals surface area contributed by atoms with E-state index in [2.05, 4.69) is 5.32 Å². The average Bonchev–Trinajstić information content (AvgIpc) is 2.01. The number of halogens is 2. The molecule has 1 amide bonds. The predicted octanol–water partition coefficient (Wildman–Crippen LogP) is 1.47. The molecule has 0 saturated carbocycles. The number of nitrogens with two attached hydrogens (primary N) is 2. The van der Waals surface area contributed by atoms with Crippen molar-refractivity contribution in [1.82, 2.24) is 0 Å². The van der Waals surface area contributed by atoms with Crippen molar-refractivity contribution in [2.75, 3.05) is 17.6 Å². The average molecular weight is 234 g/mol. The first-order valence-electron chi connectivity index (χ1n) is 3.77. The van der Waals surface area contributed by atoms with Gasteiger partial charge in [-0.2, -0.15) is 0 Å². The molecule has 0 aliphatic carbocycles. The van der Waals surface area contributed by atoms with Crippen LogP contribution in [0.5, 0.6) is 0 Å². The van der Waals surface area contributed by atoms with E-state index in [4.69, 9.17) is 34.7 Å². The minimum Gasteiger partial charge on any atom is -0.399 e. The van der Waals surface area contributed by atoms with Crippen molar-refractivity contribution in [3.8, 4) is 0 Å². The second-order valence-electron chi connectivity index (χ2n) is 2.68. The van der Waals surface area contributed by atoms with Crippen LogP contribution in [0.25, 0.3) is 0 Å². The van der Waals surface area contributed by atoms with Crippen molar-refractivity contribution in [2.45, 2.75) is 0 Å². The Hall–Kier alpha value is -1.13. The Morgan fingerprint density at radius 1 is 1.36 bits per heavy atom. The quantitative estimate of drug-likeness (QED) is 0.692. The van der Waals surface area contributed by atoms with Crippen LogP contribution in [-0.4, -0.2) is 12.5 Å². The maximum Gasteiger partial charge on any atom is 0.236 e. The predicted molar refractivity (Wildman–Crippen MR) is 58.6 cm³/mol. The van der Waals surface area contributed by atoms with Crippen molar-refractivity contribution in [1.29, 1.82) is 0 Å². The summed E-state index contributed by atoms with van der Waals surface area (Å²) in [6.07, 6.45) is 0. The van der Waals surface area contributed by atoms with Crippen LogP contribution >= 0.6 is 23.2 Å². The Kier molecular flexibility index (Phi) is 3.43. The molecule has 1 aromatic rings. The van der Waals surface area contributed by atoms with Gasteiger partial charge in [0.1, 0.15) is 0 Å². The summed E-state index contributed by atoms with van der Waals surface area (Å²) in [6, 6.07) is 3.08. The van der Waals surface area contributed by atoms with Crippen molar-refractivity contribution in [3.05, 3.63) is 22.2 Å². The summed E-state index contributed by atoms with van der Waals surface area (Å²) in [5, 5.41) is 3.43. The molecule has 6 heteroatoms. The molecule has 0 aliphatic rings. The van der Waals surface area contributed by atoms with Crippen molar-refractivity contribution in [2.24, 2.45) is 5.73 Å². The third-order valence-corrected chi connectivity index (χ3v) is 2.10. The van der Waals surface area contributed by atoms with Gasteiger partial charge in [0.05, 0.1) is 22.3 Å². The third kappa shape index (κ3) is 2.68. The van der Waals surface area contributed by atoms with Gasteiger partial charge in [-0.05, 0) is 12.1 Å². The van der Waals surface area contributed by atoms with Crippen molar-refractivity contribution < 1.29 is 4.79 Å². The van der Waals surface area contributed by atoms with Gasteiger partial charge in [0.15, 0.2) is 0 Å². The van der Waals surface area contributed by atoms with Gasteiger partial charge < -0.3 is 16.8 Å². The SMILES string of the molecule is NC(=O)CNc1c(Cl)cc(N)cc1Cl. The lowest BCUT2D eigenvalue weighted by Gasteiger charge is -2.09. The van der Waals surface area contributed by atoms with Crippen LogP contribution in [0, 0.1) is 0 Å². The van der Waals surface area contributed by atoms with E-state index >= 15 is 0 Å². The van der Waals surface area contributed by atoms with Gasteiger partial charge in [0, 0.05) is 5.69 Å². The molecule has 0 aromatic heterocycles. The molecule has 0 saturated heterocycles. The first-order valence-corrected chi connectivity index (χ1v) is 4.53. The van der Waals surface area contributed by atoms with Crippen LogP contribution < -0.4 is 16.8 Å². The topological polar surface area (TPSA) is 81.1 Å². The van der Waals surface area contributed by atoms with Crippen LogP contribution in [0.3, 0.4) is 0 Å². The Labute approximate surface area is 91.2 Å². The number of carbonyl (C=O) groups is 1. The highest BCUT2D eigenvalue weighted by molar-refractivity contribution is 6.39. The number of amides is 1. The maximum atomic E-state index is 10.5. The Balaban J connectivity index is 2.91. The summed E-state index contributed by atoms with van der Waals surface area (Å²) in [6.45, 7) is -0.0244. The third-order valence-electron chi connectivity index (χ3n) is 1.50. The van der Waals surface area contributed by atoms with Gasteiger partial charge in [-0.1, -0.05) is 23.2 Å². The second kappa shape index (κ2) is 4.39. The lowest BCUT2D eigenvalue weighted by atomic mass is 10.3. The molecule has 0 bridgehead atoms. The number of rotatable bonds is 3. The molecular formula is C8H9Cl2N3O. The molecule has 1 rings (SSSR count). The number of nitrogens with one attached hydrogen (secondary N) is 1. The van der Waals surface area contributed by atoms with Gasteiger partial charge in [0.2, 0.25) is 5.91 Å². The highest BCUT2D eigenvalue weighted by Crippen LogP contribution is 2.32. The molecule has 0 radical (unpaired) electrons. The Morgan fingerprint density at radius 3 is 2.29 bits per heavy atom. The maximum absolute atomic E-state index is 10.5. The molecule has 1 aromatic carbocycles. The second-order valence-corrected chi connectivity index (χ2v) is 3.49. The van der Waals surface area contributed by atoms with Gasteiger partial charge in [-0.3, -0.25) is 4.79 Å². The van der Waals surface area contributed by atoms with E-state index in [9.17, 15) is 4.79 Å². The highest BCUT2D eigenvalue weighted by atomic mass is 35.5. The zero-order chi connectivity index (χ0) is 10.7. The zero-order valence-corrected chi connectivity index (χ0v) is 8.69. The smallest absolute Gasteiger partial charge is 0.236 e. The largest absolute Gasteiger partial charge is 0.399 e. The molecule has 0 atom stereocenters. The summed E-state index contributed by atoms with van der Waals surface area (Å²) >= 11 is 11.7. The first-order chi connectivity index (χ1) is 6.50. The van der Waals surface area contributed by atoms with E-state index in [-0.39, 0.29) is 6.54 Å².